The summed E-state index contributed by atoms with van der Waals surface area (Å²) in [5.41, 5.74) is 4.40. The molecule has 33 heavy (non-hydrogen) atoms. The smallest absolute Gasteiger partial charge is 0.304 e. The molecule has 6 heteroatoms. The molecular formula is C27H30N2O4. The maximum Gasteiger partial charge on any atom is 0.304 e. The van der Waals surface area contributed by atoms with E-state index >= 15 is 0 Å². The molecule has 0 aliphatic carbocycles. The van der Waals surface area contributed by atoms with Gasteiger partial charge in [0.2, 0.25) is 5.91 Å². The minimum absolute atomic E-state index is 0.241. The first-order valence-corrected chi connectivity index (χ1v) is 11.2. The lowest BCUT2D eigenvalue weighted by atomic mass is 9.94. The number of carbonyl (C=O) groups excluding carboxylic acids is 1. The number of carboxylic acid groups (broad SMARTS) is 1. The first-order valence-electron chi connectivity index (χ1n) is 11.2. The largest absolute Gasteiger partial charge is 0.481 e. The van der Waals surface area contributed by atoms with Gasteiger partial charge in [0.25, 0.3) is 0 Å². The van der Waals surface area contributed by atoms with Gasteiger partial charge in [-0.15, -0.1) is 0 Å². The quantitative estimate of drug-likeness (QED) is 0.407. The first-order chi connectivity index (χ1) is 16.1. The topological polar surface area (TPSA) is 90.7 Å². The van der Waals surface area contributed by atoms with E-state index in [1.807, 2.05) is 30.3 Å². The Morgan fingerprint density at radius 1 is 0.879 bits per heavy atom. The van der Waals surface area contributed by atoms with Gasteiger partial charge in [-0.2, -0.15) is 0 Å². The van der Waals surface area contributed by atoms with E-state index < -0.39 is 18.6 Å². The lowest BCUT2D eigenvalue weighted by Crippen LogP contribution is -2.39. The summed E-state index contributed by atoms with van der Waals surface area (Å²) in [5.74, 6) is -1.99. The number of aryl methyl sites for hydroxylation is 1. The highest BCUT2D eigenvalue weighted by Crippen LogP contribution is 2.21. The van der Waals surface area contributed by atoms with Crippen molar-refractivity contribution >= 4 is 11.9 Å². The van der Waals surface area contributed by atoms with Crippen molar-refractivity contribution in [2.75, 3.05) is 13.3 Å². The molecule has 0 spiro atoms. The van der Waals surface area contributed by atoms with Gasteiger partial charge in [0.1, 0.15) is 6.73 Å². The molecule has 1 amide bonds. The maximum absolute atomic E-state index is 13.0. The molecule has 172 valence electrons. The molecule has 3 rings (SSSR count). The summed E-state index contributed by atoms with van der Waals surface area (Å²) >= 11 is 0. The number of carbonyl (C=O) groups is 2. The Labute approximate surface area is 194 Å². The predicted molar refractivity (Wildman–Crippen MR) is 127 cm³/mol. The molecule has 1 aromatic heterocycles. The highest BCUT2D eigenvalue weighted by atomic mass is 16.4. The molecule has 0 aliphatic heterocycles. The summed E-state index contributed by atoms with van der Waals surface area (Å²) in [7, 11) is 0. The Morgan fingerprint density at radius 3 is 2.24 bits per heavy atom. The van der Waals surface area contributed by atoms with Gasteiger partial charge >= 0.3 is 5.97 Å². The van der Waals surface area contributed by atoms with Crippen LogP contribution in [0.2, 0.25) is 0 Å². The number of aromatic nitrogens is 1. The van der Waals surface area contributed by atoms with Crippen molar-refractivity contribution in [3.63, 3.8) is 0 Å². The third-order valence-electron chi connectivity index (χ3n) is 5.72. The van der Waals surface area contributed by atoms with Crippen LogP contribution in [0.4, 0.5) is 0 Å². The van der Waals surface area contributed by atoms with Crippen LogP contribution in [0.5, 0.6) is 0 Å². The molecule has 2 aromatic carbocycles. The second-order valence-electron chi connectivity index (χ2n) is 8.10. The number of rotatable bonds is 12. The predicted octanol–water partition coefficient (Wildman–Crippen LogP) is 4.18. The number of aliphatic hydroxyl groups is 1. The molecule has 1 heterocycles. The SMILES string of the molecule is O=C(O)CC(CCCc1ccc(-c2ccccc2)cc1)C(=O)N(CO)CCc1cccnc1. The van der Waals surface area contributed by atoms with E-state index in [1.54, 1.807) is 12.4 Å². The monoisotopic (exact) mass is 446 g/mol. The summed E-state index contributed by atoms with van der Waals surface area (Å²) in [6.45, 7) is -0.117. The molecule has 6 nitrogen and oxygen atoms in total. The van der Waals surface area contributed by atoms with Gasteiger partial charge in [-0.05, 0) is 54.0 Å². The third kappa shape index (κ3) is 7.54. The number of aliphatic hydroxyl groups excluding tert-OH is 1. The van der Waals surface area contributed by atoms with Crippen LogP contribution in [0.1, 0.15) is 30.4 Å². The minimum Gasteiger partial charge on any atom is -0.481 e. The third-order valence-corrected chi connectivity index (χ3v) is 5.72. The zero-order valence-corrected chi connectivity index (χ0v) is 18.6. The van der Waals surface area contributed by atoms with Crippen LogP contribution in [-0.4, -0.2) is 45.2 Å². The number of benzene rings is 2. The van der Waals surface area contributed by atoms with E-state index in [9.17, 15) is 19.8 Å². The molecule has 0 bridgehead atoms. The van der Waals surface area contributed by atoms with Crippen molar-refractivity contribution in [2.24, 2.45) is 5.92 Å². The number of amides is 1. The van der Waals surface area contributed by atoms with Crippen LogP contribution in [0, 0.1) is 5.92 Å². The highest BCUT2D eigenvalue weighted by molar-refractivity contribution is 5.83. The summed E-state index contributed by atoms with van der Waals surface area (Å²) in [5, 5.41) is 19.0. The number of hydrogen-bond donors (Lipinski definition) is 2. The lowest BCUT2D eigenvalue weighted by molar-refractivity contribution is -0.146. The number of carboxylic acids is 1. The fourth-order valence-electron chi connectivity index (χ4n) is 3.89. The van der Waals surface area contributed by atoms with Crippen LogP contribution >= 0.6 is 0 Å². The number of hydrogen-bond acceptors (Lipinski definition) is 4. The Balaban J connectivity index is 1.55. The minimum atomic E-state index is -1.01. The molecular weight excluding hydrogens is 416 g/mol. The van der Waals surface area contributed by atoms with Crippen LogP contribution < -0.4 is 0 Å². The van der Waals surface area contributed by atoms with Gasteiger partial charge in [0.15, 0.2) is 0 Å². The number of nitrogens with zero attached hydrogens (tertiary/aromatic N) is 2. The van der Waals surface area contributed by atoms with E-state index in [1.165, 1.54) is 4.90 Å². The molecule has 0 saturated heterocycles. The average Bonchev–Trinajstić information content (AvgIpc) is 2.85. The Hall–Kier alpha value is -3.51. The van der Waals surface area contributed by atoms with Crippen molar-refractivity contribution in [1.29, 1.82) is 0 Å². The summed E-state index contributed by atoms with van der Waals surface area (Å²) in [6, 6.07) is 22.2. The van der Waals surface area contributed by atoms with Gasteiger partial charge in [-0.1, -0.05) is 60.7 Å². The molecule has 1 atom stereocenters. The lowest BCUT2D eigenvalue weighted by Gasteiger charge is -2.25. The van der Waals surface area contributed by atoms with Gasteiger partial charge in [0.05, 0.1) is 6.42 Å². The van der Waals surface area contributed by atoms with E-state index in [2.05, 4.69) is 41.4 Å². The Bertz CT molecular complexity index is 1010. The second-order valence-corrected chi connectivity index (χ2v) is 8.10. The van der Waals surface area contributed by atoms with Crippen LogP contribution in [0.3, 0.4) is 0 Å². The van der Waals surface area contributed by atoms with E-state index in [-0.39, 0.29) is 12.3 Å². The molecule has 1 unspecified atom stereocenters. The van der Waals surface area contributed by atoms with Crippen molar-refractivity contribution in [3.05, 3.63) is 90.3 Å². The van der Waals surface area contributed by atoms with Gasteiger partial charge in [-0.3, -0.25) is 14.6 Å². The molecule has 0 saturated carbocycles. The van der Waals surface area contributed by atoms with Crippen molar-refractivity contribution in [1.82, 2.24) is 9.88 Å². The van der Waals surface area contributed by atoms with Crippen molar-refractivity contribution < 1.29 is 19.8 Å². The molecule has 0 aliphatic rings. The van der Waals surface area contributed by atoms with Crippen molar-refractivity contribution in [2.45, 2.75) is 32.1 Å². The van der Waals surface area contributed by atoms with Gasteiger partial charge in [-0.25, -0.2) is 0 Å². The van der Waals surface area contributed by atoms with Crippen molar-refractivity contribution in [3.8, 4) is 11.1 Å². The molecule has 3 aromatic rings. The van der Waals surface area contributed by atoms with Crippen LogP contribution in [0.15, 0.2) is 79.1 Å². The number of aliphatic carboxylic acids is 1. The molecule has 2 N–H and O–H groups in total. The summed E-state index contributed by atoms with van der Waals surface area (Å²) in [6.07, 6.45) is 5.61. The normalized spacial score (nSPS) is 11.7. The molecule has 0 radical (unpaired) electrons. The Morgan fingerprint density at radius 2 is 1.61 bits per heavy atom. The number of pyridine rings is 1. The fraction of sp³-hybridized carbons (Fsp3) is 0.296. The summed E-state index contributed by atoms with van der Waals surface area (Å²) in [4.78, 5) is 29.7. The van der Waals surface area contributed by atoms with E-state index in [0.29, 0.717) is 25.8 Å². The average molecular weight is 447 g/mol. The molecule has 0 fully saturated rings. The first kappa shape index (κ1) is 24.1. The Kier molecular flexibility index (Phi) is 9.15. The maximum atomic E-state index is 13.0. The van der Waals surface area contributed by atoms with E-state index in [0.717, 1.165) is 28.7 Å². The highest BCUT2D eigenvalue weighted by Gasteiger charge is 2.26. The summed E-state index contributed by atoms with van der Waals surface area (Å²) < 4.78 is 0. The standard InChI is InChI=1S/C27H30N2O4/c30-20-29(17-15-22-7-5-16-28-19-22)27(33)25(18-26(31)32)10-4-6-21-11-13-24(14-12-21)23-8-2-1-3-9-23/h1-3,5,7-9,11-14,16,19,25,30H,4,6,10,15,17-18,20H2,(H,31,32). The van der Waals surface area contributed by atoms with E-state index in [4.69, 9.17) is 0 Å². The van der Waals surface area contributed by atoms with Gasteiger partial charge < -0.3 is 15.1 Å². The fourth-order valence-corrected chi connectivity index (χ4v) is 3.89. The zero-order chi connectivity index (χ0) is 23.5. The van der Waals surface area contributed by atoms with Crippen LogP contribution in [-0.2, 0) is 22.4 Å². The second kappa shape index (κ2) is 12.5. The van der Waals surface area contributed by atoms with Crippen LogP contribution in [0.25, 0.3) is 11.1 Å². The zero-order valence-electron chi connectivity index (χ0n) is 18.6. The van der Waals surface area contributed by atoms with Gasteiger partial charge in [0, 0.05) is 24.9 Å².